The molecular weight excluding hydrogens is 276 g/mol. The largest absolute Gasteiger partial charge is 0.444 e. The Morgan fingerprint density at radius 1 is 1.14 bits per heavy atom. The van der Waals surface area contributed by atoms with E-state index in [1.54, 1.807) is 0 Å². The third-order valence-corrected chi connectivity index (χ3v) is 3.52. The fourth-order valence-electron chi connectivity index (χ4n) is 2.13. The van der Waals surface area contributed by atoms with Crippen LogP contribution in [-0.2, 0) is 11.3 Å². The Balaban J connectivity index is 2.41. The Hall–Kier alpha value is -1.55. The number of rotatable bonds is 7. The van der Waals surface area contributed by atoms with Gasteiger partial charge in [-0.05, 0) is 50.9 Å². The molecule has 0 saturated heterocycles. The van der Waals surface area contributed by atoms with Crippen molar-refractivity contribution in [3.63, 3.8) is 0 Å². The molecule has 1 amide bonds. The fourth-order valence-corrected chi connectivity index (χ4v) is 2.13. The topological polar surface area (TPSA) is 50.4 Å². The minimum absolute atomic E-state index is 0.424. The van der Waals surface area contributed by atoms with Gasteiger partial charge in [-0.3, -0.25) is 5.32 Å². The van der Waals surface area contributed by atoms with Gasteiger partial charge in [-0.2, -0.15) is 0 Å². The maximum Gasteiger partial charge on any atom is 0.412 e. The number of hydrogen-bond acceptors (Lipinski definition) is 3. The zero-order valence-corrected chi connectivity index (χ0v) is 14.5. The van der Waals surface area contributed by atoms with Gasteiger partial charge < -0.3 is 10.1 Å². The van der Waals surface area contributed by atoms with Gasteiger partial charge in [-0.1, -0.05) is 38.8 Å². The monoisotopic (exact) mass is 306 g/mol. The van der Waals surface area contributed by atoms with E-state index >= 15 is 0 Å². The number of carbonyl (C=O) groups is 1. The summed E-state index contributed by atoms with van der Waals surface area (Å²) < 4.78 is 5.23. The molecule has 2 N–H and O–H groups in total. The molecule has 1 rings (SSSR count). The van der Waals surface area contributed by atoms with Crippen LogP contribution in [0.25, 0.3) is 0 Å². The standard InChI is InChI=1S/C18H30N2O2/c1-6-14(7-2)12-19-13-15-8-10-16(11-9-15)20-17(21)22-18(3,4)5/h8-11,14,19H,6-7,12-13H2,1-5H3,(H,20,21). The average molecular weight is 306 g/mol. The summed E-state index contributed by atoms with van der Waals surface area (Å²) >= 11 is 0. The lowest BCUT2D eigenvalue weighted by Crippen LogP contribution is -2.27. The van der Waals surface area contributed by atoms with Crippen LogP contribution in [0.4, 0.5) is 10.5 Å². The first-order chi connectivity index (χ1) is 10.3. The highest BCUT2D eigenvalue weighted by molar-refractivity contribution is 5.84. The first kappa shape index (κ1) is 18.5. The van der Waals surface area contributed by atoms with Gasteiger partial charge in [-0.15, -0.1) is 0 Å². The van der Waals surface area contributed by atoms with Gasteiger partial charge in [-0.25, -0.2) is 4.79 Å². The number of amides is 1. The third-order valence-electron chi connectivity index (χ3n) is 3.52. The molecule has 0 aliphatic heterocycles. The van der Waals surface area contributed by atoms with E-state index in [4.69, 9.17) is 4.74 Å². The summed E-state index contributed by atoms with van der Waals surface area (Å²) in [4.78, 5) is 11.7. The highest BCUT2D eigenvalue weighted by Crippen LogP contribution is 2.13. The van der Waals surface area contributed by atoms with Crippen LogP contribution >= 0.6 is 0 Å². The predicted molar refractivity (Wildman–Crippen MR) is 92.1 cm³/mol. The van der Waals surface area contributed by atoms with Crippen LogP contribution in [-0.4, -0.2) is 18.2 Å². The SMILES string of the molecule is CCC(CC)CNCc1ccc(NC(=O)OC(C)(C)C)cc1. The quantitative estimate of drug-likeness (QED) is 0.776. The molecule has 22 heavy (non-hydrogen) atoms. The molecule has 0 spiro atoms. The Bertz CT molecular complexity index is 445. The first-order valence-electron chi connectivity index (χ1n) is 8.13. The van der Waals surface area contributed by atoms with Crippen LogP contribution in [0.1, 0.15) is 53.0 Å². The molecule has 4 heteroatoms. The van der Waals surface area contributed by atoms with Crippen molar-refractivity contribution in [3.8, 4) is 0 Å². The van der Waals surface area contributed by atoms with E-state index < -0.39 is 11.7 Å². The van der Waals surface area contributed by atoms with Crippen LogP contribution in [0.3, 0.4) is 0 Å². The first-order valence-corrected chi connectivity index (χ1v) is 8.13. The lowest BCUT2D eigenvalue weighted by atomic mass is 10.0. The number of ether oxygens (including phenoxy) is 1. The maximum atomic E-state index is 11.7. The molecule has 4 nitrogen and oxygen atoms in total. The molecule has 0 saturated carbocycles. The van der Waals surface area contributed by atoms with Crippen molar-refractivity contribution in [2.24, 2.45) is 5.92 Å². The molecule has 0 heterocycles. The average Bonchev–Trinajstić information content (AvgIpc) is 2.43. The minimum atomic E-state index is -0.483. The van der Waals surface area contributed by atoms with Gasteiger partial charge >= 0.3 is 6.09 Å². The van der Waals surface area contributed by atoms with Crippen LogP contribution < -0.4 is 10.6 Å². The normalized spacial score (nSPS) is 11.5. The van der Waals surface area contributed by atoms with Crippen LogP contribution in [0.5, 0.6) is 0 Å². The Kier molecular flexibility index (Phi) is 7.39. The summed E-state index contributed by atoms with van der Waals surface area (Å²) in [5, 5.41) is 6.22. The molecule has 0 bridgehead atoms. The third kappa shape index (κ3) is 7.46. The molecule has 0 aromatic heterocycles. The van der Waals surface area contributed by atoms with Crippen LogP contribution in [0.15, 0.2) is 24.3 Å². The second-order valence-corrected chi connectivity index (χ2v) is 6.64. The van der Waals surface area contributed by atoms with Gasteiger partial charge in [0.05, 0.1) is 0 Å². The molecule has 0 aliphatic carbocycles. The molecule has 0 radical (unpaired) electrons. The second kappa shape index (κ2) is 8.79. The summed E-state index contributed by atoms with van der Waals surface area (Å²) in [6, 6.07) is 7.84. The number of benzene rings is 1. The van der Waals surface area contributed by atoms with Crippen molar-refractivity contribution in [2.45, 2.75) is 59.6 Å². The Morgan fingerprint density at radius 2 is 1.73 bits per heavy atom. The molecule has 124 valence electrons. The minimum Gasteiger partial charge on any atom is -0.444 e. The number of anilines is 1. The number of hydrogen-bond donors (Lipinski definition) is 2. The summed E-state index contributed by atoms with van der Waals surface area (Å²) in [6.45, 7) is 11.9. The van der Waals surface area contributed by atoms with E-state index in [2.05, 4.69) is 24.5 Å². The van der Waals surface area contributed by atoms with Crippen molar-refractivity contribution in [1.29, 1.82) is 0 Å². The van der Waals surface area contributed by atoms with E-state index in [0.717, 1.165) is 24.7 Å². The molecule has 0 atom stereocenters. The fraction of sp³-hybridized carbons (Fsp3) is 0.611. The lowest BCUT2D eigenvalue weighted by molar-refractivity contribution is 0.0636. The van der Waals surface area contributed by atoms with E-state index in [9.17, 15) is 4.79 Å². The van der Waals surface area contributed by atoms with Crippen molar-refractivity contribution in [1.82, 2.24) is 5.32 Å². The van der Waals surface area contributed by atoms with Gasteiger partial charge in [0.1, 0.15) is 5.60 Å². The zero-order chi connectivity index (χ0) is 16.6. The molecule has 0 unspecified atom stereocenters. The summed E-state index contributed by atoms with van der Waals surface area (Å²) in [7, 11) is 0. The van der Waals surface area contributed by atoms with E-state index in [0.29, 0.717) is 0 Å². The summed E-state index contributed by atoms with van der Waals surface area (Å²) in [5.41, 5.74) is 1.47. The van der Waals surface area contributed by atoms with Crippen molar-refractivity contribution < 1.29 is 9.53 Å². The smallest absolute Gasteiger partial charge is 0.412 e. The van der Waals surface area contributed by atoms with Gasteiger partial charge in [0.25, 0.3) is 0 Å². The second-order valence-electron chi connectivity index (χ2n) is 6.64. The number of carbonyl (C=O) groups excluding carboxylic acids is 1. The molecule has 1 aromatic rings. The number of nitrogens with one attached hydrogen (secondary N) is 2. The highest BCUT2D eigenvalue weighted by Gasteiger charge is 2.16. The predicted octanol–water partition coefficient (Wildman–Crippen LogP) is 4.56. The summed E-state index contributed by atoms with van der Waals surface area (Å²) in [6.07, 6.45) is 2.00. The molecular formula is C18H30N2O2. The van der Waals surface area contributed by atoms with Gasteiger partial charge in [0.15, 0.2) is 0 Å². The molecule has 0 fully saturated rings. The van der Waals surface area contributed by atoms with Crippen molar-refractivity contribution in [3.05, 3.63) is 29.8 Å². The highest BCUT2D eigenvalue weighted by atomic mass is 16.6. The van der Waals surface area contributed by atoms with Crippen LogP contribution in [0, 0.1) is 5.92 Å². The maximum absolute atomic E-state index is 11.7. The summed E-state index contributed by atoms with van der Waals surface area (Å²) in [5.74, 6) is 0.744. The van der Waals surface area contributed by atoms with Crippen molar-refractivity contribution in [2.75, 3.05) is 11.9 Å². The Labute approximate surface area is 134 Å². The lowest BCUT2D eigenvalue weighted by Gasteiger charge is -2.19. The Morgan fingerprint density at radius 3 is 2.23 bits per heavy atom. The van der Waals surface area contributed by atoms with Gasteiger partial charge in [0.2, 0.25) is 0 Å². The molecule has 1 aromatic carbocycles. The van der Waals surface area contributed by atoms with Gasteiger partial charge in [0, 0.05) is 12.2 Å². The zero-order valence-electron chi connectivity index (χ0n) is 14.5. The molecule has 0 aliphatic rings. The van der Waals surface area contributed by atoms with Crippen LogP contribution in [0.2, 0.25) is 0 Å². The van der Waals surface area contributed by atoms with Crippen molar-refractivity contribution >= 4 is 11.8 Å². The van der Waals surface area contributed by atoms with E-state index in [1.807, 2.05) is 45.0 Å². The van der Waals surface area contributed by atoms with E-state index in [-0.39, 0.29) is 0 Å². The van der Waals surface area contributed by atoms with E-state index in [1.165, 1.54) is 18.4 Å².